The number of hydrogen-bond donors (Lipinski definition) is 4. The zero-order chi connectivity index (χ0) is 25.7. The quantitative estimate of drug-likeness (QED) is 0.178. The van der Waals surface area contributed by atoms with E-state index in [-0.39, 0.29) is 0 Å². The van der Waals surface area contributed by atoms with Gasteiger partial charge in [0.1, 0.15) is 28.9 Å². The lowest BCUT2D eigenvalue weighted by Crippen LogP contribution is -2.49. The highest BCUT2D eigenvalue weighted by Crippen LogP contribution is 2.70. The maximum atomic E-state index is 13.2. The first-order chi connectivity index (χ1) is 17.3. The van der Waals surface area contributed by atoms with Gasteiger partial charge in [-0.3, -0.25) is 10.2 Å². The molecule has 2 aliphatic rings. The van der Waals surface area contributed by atoms with Gasteiger partial charge in [0.2, 0.25) is 5.91 Å². The normalized spacial score (nSPS) is 25.3. The van der Waals surface area contributed by atoms with E-state index in [1.807, 2.05) is 30.3 Å². The maximum absolute atomic E-state index is 13.2. The molecule has 1 heterocycles. The van der Waals surface area contributed by atoms with Crippen LogP contribution in [-0.4, -0.2) is 43.2 Å². The molecule has 3 aromatic rings. The Balaban J connectivity index is 1.87. The van der Waals surface area contributed by atoms with Gasteiger partial charge in [0.25, 0.3) is 0 Å². The summed E-state index contributed by atoms with van der Waals surface area (Å²) < 4.78 is 23.2. The van der Waals surface area contributed by atoms with Gasteiger partial charge in [0, 0.05) is 23.6 Å². The van der Waals surface area contributed by atoms with E-state index >= 15 is 0 Å². The second-order valence-corrected chi connectivity index (χ2v) is 8.96. The molecule has 1 aliphatic heterocycles. The van der Waals surface area contributed by atoms with E-state index in [0.29, 0.717) is 39.7 Å². The molecule has 9 heteroatoms. The number of amides is 1. The van der Waals surface area contributed by atoms with Crippen LogP contribution in [0.25, 0.3) is 0 Å². The number of hydrogen-bond acceptors (Lipinski definition) is 8. The Hall–Kier alpha value is -3.79. The predicted molar refractivity (Wildman–Crippen MR) is 130 cm³/mol. The Morgan fingerprint density at radius 1 is 0.944 bits per heavy atom. The van der Waals surface area contributed by atoms with E-state index in [9.17, 15) is 15.0 Å². The van der Waals surface area contributed by atoms with Crippen molar-refractivity contribution >= 4 is 5.91 Å². The van der Waals surface area contributed by atoms with Crippen LogP contribution in [0.5, 0.6) is 23.0 Å². The Bertz CT molecular complexity index is 1280. The van der Waals surface area contributed by atoms with Gasteiger partial charge in [0.15, 0.2) is 11.4 Å². The van der Waals surface area contributed by atoms with Crippen molar-refractivity contribution in [2.75, 3.05) is 21.3 Å². The zero-order valence-electron chi connectivity index (χ0n) is 20.1. The molecule has 0 saturated heterocycles. The molecule has 0 spiro atoms. The fourth-order valence-corrected chi connectivity index (χ4v) is 5.92. The largest absolute Gasteiger partial charge is 0.497 e. The maximum Gasteiger partial charge on any atom is 0.243 e. The third-order valence-electron chi connectivity index (χ3n) is 7.33. The molecule has 3 aromatic carbocycles. The Morgan fingerprint density at radius 3 is 2.19 bits per heavy atom. The fourth-order valence-electron chi connectivity index (χ4n) is 5.92. The van der Waals surface area contributed by atoms with Crippen molar-refractivity contribution in [2.24, 2.45) is 11.8 Å². The number of hydrazine groups is 1. The first kappa shape index (κ1) is 23.9. The number of nitrogens with one attached hydrogen (secondary N) is 1. The number of carbonyl (C=O) groups is 1. The van der Waals surface area contributed by atoms with Crippen molar-refractivity contribution < 1.29 is 34.0 Å². The molecule has 5 N–H and O–H groups in total. The van der Waals surface area contributed by atoms with E-state index in [1.54, 1.807) is 43.5 Å². The molecule has 1 fully saturated rings. The summed E-state index contributed by atoms with van der Waals surface area (Å²) in [4.78, 5) is 13.2. The number of carbonyl (C=O) groups excluding carboxylic acids is 1. The number of ether oxygens (including phenoxy) is 4. The minimum absolute atomic E-state index is 0.345. The molecule has 188 valence electrons. The SMILES string of the molecule is COc1ccc(C23Oc4cc(OC)cc(OC)c4C2C(O)(O)C(C(=O)NN)C3c2ccccc2)cc1. The van der Waals surface area contributed by atoms with Gasteiger partial charge in [-0.25, -0.2) is 5.84 Å². The molecule has 1 aliphatic carbocycles. The van der Waals surface area contributed by atoms with Crippen LogP contribution in [0.2, 0.25) is 0 Å². The third-order valence-corrected chi connectivity index (χ3v) is 7.33. The monoisotopic (exact) mass is 492 g/mol. The summed E-state index contributed by atoms with van der Waals surface area (Å²) in [6.45, 7) is 0. The number of fused-ring (bicyclic) bond motifs is 3. The van der Waals surface area contributed by atoms with Crippen molar-refractivity contribution in [1.82, 2.24) is 5.43 Å². The molecule has 9 nitrogen and oxygen atoms in total. The average molecular weight is 493 g/mol. The third kappa shape index (κ3) is 3.24. The van der Waals surface area contributed by atoms with Crippen LogP contribution in [-0.2, 0) is 10.4 Å². The molecule has 0 aromatic heterocycles. The average Bonchev–Trinajstić information content (AvgIpc) is 3.36. The number of nitrogens with two attached hydrogens (primary N) is 1. The number of benzene rings is 3. The lowest BCUT2D eigenvalue weighted by atomic mass is 9.72. The lowest BCUT2D eigenvalue weighted by molar-refractivity contribution is -0.203. The van der Waals surface area contributed by atoms with Crippen molar-refractivity contribution in [3.8, 4) is 23.0 Å². The Labute approximate surface area is 208 Å². The van der Waals surface area contributed by atoms with Crippen LogP contribution in [0, 0.1) is 5.92 Å². The lowest BCUT2D eigenvalue weighted by Gasteiger charge is -2.36. The zero-order valence-corrected chi connectivity index (χ0v) is 20.1. The minimum Gasteiger partial charge on any atom is -0.497 e. The summed E-state index contributed by atoms with van der Waals surface area (Å²) >= 11 is 0. The molecule has 4 unspecified atom stereocenters. The molecule has 0 radical (unpaired) electrons. The predicted octanol–water partition coefficient (Wildman–Crippen LogP) is 2.17. The molecule has 1 saturated carbocycles. The summed E-state index contributed by atoms with van der Waals surface area (Å²) in [5, 5.41) is 23.7. The standard InChI is InChI=1S/C27H28N2O7/c1-33-17-11-9-16(10-12-17)26-22(15-7-5-4-6-8-15)23(25(30)29-28)27(31,32)24(26)21-19(35-3)13-18(34-2)14-20(21)36-26/h4-14,22-24,31-32H,28H2,1-3H3,(H,29,30). The van der Waals surface area contributed by atoms with Crippen molar-refractivity contribution in [3.63, 3.8) is 0 Å². The van der Waals surface area contributed by atoms with E-state index in [1.165, 1.54) is 14.2 Å². The smallest absolute Gasteiger partial charge is 0.243 e. The second-order valence-electron chi connectivity index (χ2n) is 8.96. The van der Waals surface area contributed by atoms with Crippen LogP contribution in [0.4, 0.5) is 0 Å². The van der Waals surface area contributed by atoms with Crippen LogP contribution in [0.1, 0.15) is 28.5 Å². The molecular formula is C27H28N2O7. The van der Waals surface area contributed by atoms with Gasteiger partial charge in [-0.2, -0.15) is 0 Å². The molecule has 1 amide bonds. The van der Waals surface area contributed by atoms with Gasteiger partial charge in [-0.05, 0) is 23.3 Å². The van der Waals surface area contributed by atoms with E-state index in [4.69, 9.17) is 24.8 Å². The second kappa shape index (κ2) is 8.70. The van der Waals surface area contributed by atoms with Crippen molar-refractivity contribution in [1.29, 1.82) is 0 Å². The summed E-state index contributed by atoms with van der Waals surface area (Å²) in [5.41, 5.74) is 2.43. The summed E-state index contributed by atoms with van der Waals surface area (Å²) in [7, 11) is 4.56. The van der Waals surface area contributed by atoms with E-state index in [0.717, 1.165) is 0 Å². The first-order valence-electron chi connectivity index (χ1n) is 11.4. The molecule has 5 rings (SSSR count). The van der Waals surface area contributed by atoms with E-state index in [2.05, 4.69) is 5.43 Å². The molecule has 4 atom stereocenters. The number of methoxy groups -OCH3 is 3. The fraction of sp³-hybridized carbons (Fsp3) is 0.296. The Kier molecular flexibility index (Phi) is 5.78. The highest BCUT2D eigenvalue weighted by atomic mass is 16.5. The molecular weight excluding hydrogens is 464 g/mol. The van der Waals surface area contributed by atoms with Gasteiger partial charge in [-0.1, -0.05) is 42.5 Å². The number of rotatable bonds is 6. The van der Waals surface area contributed by atoms with Crippen molar-refractivity contribution in [2.45, 2.75) is 23.2 Å². The highest BCUT2D eigenvalue weighted by molar-refractivity contribution is 5.83. The van der Waals surface area contributed by atoms with Crippen LogP contribution in [0.15, 0.2) is 66.7 Å². The van der Waals surface area contributed by atoms with Gasteiger partial charge < -0.3 is 29.2 Å². The molecule has 0 bridgehead atoms. The summed E-state index contributed by atoms with van der Waals surface area (Å²) in [6, 6.07) is 19.6. The van der Waals surface area contributed by atoms with Gasteiger partial charge >= 0.3 is 0 Å². The highest BCUT2D eigenvalue weighted by Gasteiger charge is 2.75. The van der Waals surface area contributed by atoms with E-state index < -0.39 is 35.0 Å². The van der Waals surface area contributed by atoms with Crippen LogP contribution < -0.4 is 30.2 Å². The minimum atomic E-state index is -2.57. The molecule has 36 heavy (non-hydrogen) atoms. The Morgan fingerprint density at radius 2 is 1.61 bits per heavy atom. The van der Waals surface area contributed by atoms with Crippen LogP contribution >= 0.6 is 0 Å². The summed E-state index contributed by atoms with van der Waals surface area (Å²) in [5.74, 6) is 0.708. The topological polar surface area (TPSA) is 133 Å². The summed E-state index contributed by atoms with van der Waals surface area (Å²) in [6.07, 6.45) is 0. The van der Waals surface area contributed by atoms with Gasteiger partial charge in [0.05, 0.1) is 27.2 Å². The number of aliphatic hydroxyl groups is 2. The first-order valence-corrected chi connectivity index (χ1v) is 11.4. The van der Waals surface area contributed by atoms with Gasteiger partial charge in [-0.15, -0.1) is 0 Å². The van der Waals surface area contributed by atoms with Crippen LogP contribution in [0.3, 0.4) is 0 Å². The van der Waals surface area contributed by atoms with Crippen molar-refractivity contribution in [3.05, 3.63) is 83.4 Å².